The van der Waals surface area contributed by atoms with Crippen molar-refractivity contribution in [1.82, 2.24) is 9.97 Å². The van der Waals surface area contributed by atoms with E-state index in [1.165, 1.54) is 63.8 Å². The summed E-state index contributed by atoms with van der Waals surface area (Å²) in [4.78, 5) is 20.9. The molecule has 0 aliphatic heterocycles. The number of carbonyl (C=O) groups excluding carboxylic acids is 1. The first-order valence-electron chi connectivity index (χ1n) is 12.9. The Labute approximate surface area is 200 Å². The van der Waals surface area contributed by atoms with Crippen molar-refractivity contribution in [3.05, 3.63) is 42.2 Å². The van der Waals surface area contributed by atoms with E-state index in [-0.39, 0.29) is 5.97 Å². The maximum atomic E-state index is 12.2. The largest absolute Gasteiger partial charge is 0.494 e. The molecule has 33 heavy (non-hydrogen) atoms. The summed E-state index contributed by atoms with van der Waals surface area (Å²) in [5, 5.41) is 0. The van der Waals surface area contributed by atoms with Crippen molar-refractivity contribution in [2.45, 2.75) is 91.4 Å². The number of aromatic nitrogens is 2. The van der Waals surface area contributed by atoms with Crippen molar-refractivity contribution >= 4 is 5.97 Å². The molecule has 2 rings (SSSR count). The third-order valence-electron chi connectivity index (χ3n) is 6.04. The normalized spacial score (nSPS) is 11.8. The van der Waals surface area contributed by atoms with Gasteiger partial charge in [0, 0.05) is 18.0 Å². The summed E-state index contributed by atoms with van der Waals surface area (Å²) in [5.41, 5.74) is 1.28. The first-order chi connectivity index (χ1) is 16.1. The van der Waals surface area contributed by atoms with Gasteiger partial charge < -0.3 is 9.47 Å². The molecule has 0 N–H and O–H groups in total. The highest BCUT2D eigenvalue weighted by Crippen LogP contribution is 2.20. The fourth-order valence-electron chi connectivity index (χ4n) is 3.58. The topological polar surface area (TPSA) is 61.3 Å². The Morgan fingerprint density at radius 2 is 1.48 bits per heavy atom. The lowest BCUT2D eigenvalue weighted by Crippen LogP contribution is -2.08. The van der Waals surface area contributed by atoms with E-state index in [2.05, 4.69) is 30.7 Å². The maximum Gasteiger partial charge on any atom is 0.341 e. The van der Waals surface area contributed by atoms with Gasteiger partial charge in [-0.05, 0) is 43.0 Å². The molecule has 1 aromatic heterocycles. The summed E-state index contributed by atoms with van der Waals surface area (Å²) in [6.45, 7) is 7.97. The lowest BCUT2D eigenvalue weighted by atomic mass is 10.0. The highest BCUT2D eigenvalue weighted by molar-refractivity contribution is 5.88. The van der Waals surface area contributed by atoms with Crippen LogP contribution in [0.2, 0.25) is 0 Å². The van der Waals surface area contributed by atoms with Gasteiger partial charge in [-0.25, -0.2) is 14.8 Å². The maximum absolute atomic E-state index is 12.2. The van der Waals surface area contributed by atoms with Crippen LogP contribution in [0.1, 0.15) is 102 Å². The van der Waals surface area contributed by atoms with Crippen molar-refractivity contribution in [2.75, 3.05) is 13.2 Å². The average Bonchev–Trinajstić information content (AvgIpc) is 2.85. The molecule has 0 saturated carbocycles. The van der Waals surface area contributed by atoms with Crippen LogP contribution < -0.4 is 4.74 Å². The number of carbonyl (C=O) groups is 1. The smallest absolute Gasteiger partial charge is 0.341 e. The summed E-state index contributed by atoms with van der Waals surface area (Å²) in [6, 6.07) is 7.79. The van der Waals surface area contributed by atoms with Crippen LogP contribution in [-0.4, -0.2) is 29.2 Å². The SMILES string of the molecule is CCCCCCCCOC(=O)c1cnc(-c2ccc(OCCCCCC(C)CC)cc2)nc1. The van der Waals surface area contributed by atoms with Crippen LogP contribution in [0.15, 0.2) is 36.7 Å². The summed E-state index contributed by atoms with van der Waals surface area (Å²) < 4.78 is 11.2. The van der Waals surface area contributed by atoms with Gasteiger partial charge >= 0.3 is 5.97 Å². The van der Waals surface area contributed by atoms with E-state index < -0.39 is 0 Å². The number of benzene rings is 1. The molecule has 1 aromatic carbocycles. The third-order valence-corrected chi connectivity index (χ3v) is 6.04. The molecular weight excluding hydrogens is 412 g/mol. The van der Waals surface area contributed by atoms with E-state index in [4.69, 9.17) is 9.47 Å². The molecule has 0 amide bonds. The van der Waals surface area contributed by atoms with E-state index >= 15 is 0 Å². The number of hydrogen-bond acceptors (Lipinski definition) is 5. The van der Waals surface area contributed by atoms with Gasteiger partial charge in [0.05, 0.1) is 18.8 Å². The Morgan fingerprint density at radius 3 is 2.18 bits per heavy atom. The van der Waals surface area contributed by atoms with Crippen LogP contribution in [-0.2, 0) is 4.74 Å². The Balaban J connectivity index is 1.69. The lowest BCUT2D eigenvalue weighted by Gasteiger charge is -2.09. The van der Waals surface area contributed by atoms with Crippen molar-refractivity contribution in [2.24, 2.45) is 5.92 Å². The van der Waals surface area contributed by atoms with E-state index in [9.17, 15) is 4.79 Å². The molecule has 0 aliphatic carbocycles. The molecule has 0 bridgehead atoms. The monoisotopic (exact) mass is 454 g/mol. The second-order valence-corrected chi connectivity index (χ2v) is 8.93. The summed E-state index contributed by atoms with van der Waals surface area (Å²) >= 11 is 0. The van der Waals surface area contributed by atoms with Crippen molar-refractivity contribution in [1.29, 1.82) is 0 Å². The number of ether oxygens (including phenoxy) is 2. The fourth-order valence-corrected chi connectivity index (χ4v) is 3.58. The molecule has 1 atom stereocenters. The van der Waals surface area contributed by atoms with E-state index in [0.717, 1.165) is 43.1 Å². The number of hydrogen-bond donors (Lipinski definition) is 0. The minimum absolute atomic E-state index is 0.358. The number of rotatable bonds is 17. The highest BCUT2D eigenvalue weighted by Gasteiger charge is 2.10. The van der Waals surface area contributed by atoms with Gasteiger partial charge in [-0.15, -0.1) is 0 Å². The van der Waals surface area contributed by atoms with Crippen molar-refractivity contribution < 1.29 is 14.3 Å². The Morgan fingerprint density at radius 1 is 0.848 bits per heavy atom. The average molecular weight is 455 g/mol. The van der Waals surface area contributed by atoms with Crippen LogP contribution in [0, 0.1) is 5.92 Å². The zero-order chi connectivity index (χ0) is 23.7. The third kappa shape index (κ3) is 10.8. The molecule has 2 aromatic rings. The molecule has 0 radical (unpaired) electrons. The molecule has 5 heteroatoms. The molecule has 5 nitrogen and oxygen atoms in total. The Hall–Kier alpha value is -2.43. The van der Waals surface area contributed by atoms with Gasteiger partial charge in [0.15, 0.2) is 5.82 Å². The van der Waals surface area contributed by atoms with Gasteiger partial charge in [0.25, 0.3) is 0 Å². The minimum atomic E-state index is -0.358. The zero-order valence-electron chi connectivity index (χ0n) is 20.9. The highest BCUT2D eigenvalue weighted by atomic mass is 16.5. The summed E-state index contributed by atoms with van der Waals surface area (Å²) in [7, 11) is 0. The van der Waals surface area contributed by atoms with Crippen LogP contribution in [0.25, 0.3) is 11.4 Å². The van der Waals surface area contributed by atoms with Gasteiger partial charge in [-0.3, -0.25) is 0 Å². The van der Waals surface area contributed by atoms with Crippen molar-refractivity contribution in [3.63, 3.8) is 0 Å². The standard InChI is InChI=1S/C28H42N2O3/c1-4-6-7-8-9-12-20-33-28(31)25-21-29-27(30-22-25)24-15-17-26(18-16-24)32-19-13-10-11-14-23(3)5-2/h15-18,21-23H,4-14,19-20H2,1-3H3. The molecule has 0 aliphatic rings. The lowest BCUT2D eigenvalue weighted by molar-refractivity contribution is 0.0496. The second kappa shape index (κ2) is 16.2. The molecule has 0 fully saturated rings. The molecule has 182 valence electrons. The predicted octanol–water partition coefficient (Wildman–Crippen LogP) is 7.65. The first kappa shape index (κ1) is 26.8. The minimum Gasteiger partial charge on any atom is -0.494 e. The summed E-state index contributed by atoms with van der Waals surface area (Å²) in [5.74, 6) is 1.91. The van der Waals surface area contributed by atoms with Crippen LogP contribution in [0.3, 0.4) is 0 Å². The van der Waals surface area contributed by atoms with Crippen LogP contribution >= 0.6 is 0 Å². The second-order valence-electron chi connectivity index (χ2n) is 8.93. The number of nitrogens with zero attached hydrogens (tertiary/aromatic N) is 2. The van der Waals surface area contributed by atoms with Gasteiger partial charge in [-0.1, -0.05) is 78.6 Å². The molecular formula is C28H42N2O3. The molecule has 0 spiro atoms. The zero-order valence-corrected chi connectivity index (χ0v) is 20.9. The van der Waals surface area contributed by atoms with Crippen LogP contribution in [0.4, 0.5) is 0 Å². The molecule has 1 heterocycles. The molecule has 1 unspecified atom stereocenters. The van der Waals surface area contributed by atoms with Gasteiger partial charge in [0.1, 0.15) is 5.75 Å². The predicted molar refractivity (Wildman–Crippen MR) is 135 cm³/mol. The summed E-state index contributed by atoms with van der Waals surface area (Å²) in [6.07, 6.45) is 16.2. The van der Waals surface area contributed by atoms with Gasteiger partial charge in [-0.2, -0.15) is 0 Å². The van der Waals surface area contributed by atoms with Crippen molar-refractivity contribution in [3.8, 4) is 17.1 Å². The van der Waals surface area contributed by atoms with Gasteiger partial charge in [0.2, 0.25) is 0 Å². The van der Waals surface area contributed by atoms with E-state index in [1.54, 1.807) is 0 Å². The number of unbranched alkanes of at least 4 members (excludes halogenated alkanes) is 7. The van der Waals surface area contributed by atoms with E-state index in [0.29, 0.717) is 18.0 Å². The number of esters is 1. The first-order valence-corrected chi connectivity index (χ1v) is 12.9. The van der Waals surface area contributed by atoms with Crippen LogP contribution in [0.5, 0.6) is 5.75 Å². The Bertz CT molecular complexity index is 775. The molecule has 0 saturated heterocycles. The quantitative estimate of drug-likeness (QED) is 0.181. The fraction of sp³-hybridized carbons (Fsp3) is 0.607. The van der Waals surface area contributed by atoms with E-state index in [1.807, 2.05) is 24.3 Å². The Kier molecular flexibility index (Phi) is 13.2.